The Balaban J connectivity index is 1.92. The van der Waals surface area contributed by atoms with Crippen molar-refractivity contribution in [3.63, 3.8) is 0 Å². The van der Waals surface area contributed by atoms with Crippen LogP contribution in [-0.4, -0.2) is 30.2 Å². The highest BCUT2D eigenvalue weighted by molar-refractivity contribution is 6.37. The third-order valence-corrected chi connectivity index (χ3v) is 5.55. The summed E-state index contributed by atoms with van der Waals surface area (Å²) < 4.78 is 1.61. The molecule has 0 fully saturated rings. The summed E-state index contributed by atoms with van der Waals surface area (Å²) in [6.07, 6.45) is 4.73. The highest BCUT2D eigenvalue weighted by Gasteiger charge is 2.26. The predicted octanol–water partition coefficient (Wildman–Crippen LogP) is 4.51. The lowest BCUT2D eigenvalue weighted by Gasteiger charge is -2.18. The van der Waals surface area contributed by atoms with Crippen LogP contribution >= 0.6 is 23.2 Å². The molecule has 2 aromatic heterocycles. The number of aromatic hydroxyl groups is 1. The molecule has 2 N–H and O–H groups in total. The lowest BCUT2D eigenvalue weighted by molar-refractivity contribution is 0.475. The average Bonchev–Trinajstić information content (AvgIpc) is 3.04. The Labute approximate surface area is 177 Å². The molecule has 8 heteroatoms. The van der Waals surface area contributed by atoms with Crippen LogP contribution in [0.1, 0.15) is 43.3 Å². The van der Waals surface area contributed by atoms with Crippen LogP contribution in [0, 0.1) is 0 Å². The molecular formula is C21H20Cl2N4O2. The van der Waals surface area contributed by atoms with Crippen LogP contribution in [0.3, 0.4) is 0 Å². The maximum Gasteiger partial charge on any atom is 0.262 e. The van der Waals surface area contributed by atoms with Gasteiger partial charge in [-0.15, -0.1) is 11.6 Å². The molecule has 1 aliphatic rings. The molecule has 0 aliphatic heterocycles. The minimum absolute atomic E-state index is 0.0249. The van der Waals surface area contributed by atoms with Gasteiger partial charge in [-0.3, -0.25) is 4.79 Å². The van der Waals surface area contributed by atoms with E-state index in [2.05, 4.69) is 10.1 Å². The quantitative estimate of drug-likeness (QED) is 0.596. The van der Waals surface area contributed by atoms with E-state index in [0.717, 1.165) is 5.56 Å². The van der Waals surface area contributed by atoms with Crippen molar-refractivity contribution in [3.05, 3.63) is 68.9 Å². The van der Waals surface area contributed by atoms with Gasteiger partial charge in [0.05, 0.1) is 21.8 Å². The van der Waals surface area contributed by atoms with Gasteiger partial charge in [-0.25, -0.2) is 9.67 Å². The molecule has 1 aromatic carbocycles. The SMILES string of the molecule is CC(C)c1nn(C2=C(Cl)C=CCC2Cl)c2nc(Cc3ccc(O)cc3)[nH]c(=O)c12. The van der Waals surface area contributed by atoms with Crippen molar-refractivity contribution in [2.75, 3.05) is 0 Å². The fraction of sp³-hybridized carbons (Fsp3) is 0.286. The summed E-state index contributed by atoms with van der Waals surface area (Å²) in [5.41, 5.74) is 2.39. The summed E-state index contributed by atoms with van der Waals surface area (Å²) >= 11 is 13.0. The minimum Gasteiger partial charge on any atom is -0.508 e. The first-order chi connectivity index (χ1) is 13.8. The Morgan fingerprint density at radius 2 is 2.03 bits per heavy atom. The van der Waals surface area contributed by atoms with E-state index in [9.17, 15) is 9.90 Å². The van der Waals surface area contributed by atoms with Crippen molar-refractivity contribution >= 4 is 39.9 Å². The molecule has 0 spiro atoms. The summed E-state index contributed by atoms with van der Waals surface area (Å²) in [5.74, 6) is 0.709. The van der Waals surface area contributed by atoms with Crippen molar-refractivity contribution in [1.29, 1.82) is 0 Å². The number of aromatic amines is 1. The topological polar surface area (TPSA) is 83.8 Å². The molecule has 150 valence electrons. The molecule has 1 aliphatic carbocycles. The van der Waals surface area contributed by atoms with Crippen molar-refractivity contribution in [1.82, 2.24) is 19.7 Å². The number of phenolic OH excluding ortho intramolecular Hbond substituents is 1. The van der Waals surface area contributed by atoms with E-state index in [1.807, 2.05) is 19.9 Å². The van der Waals surface area contributed by atoms with E-state index in [0.29, 0.717) is 46.1 Å². The number of fused-ring (bicyclic) bond motifs is 1. The molecule has 1 unspecified atom stereocenters. The number of hydrogen-bond donors (Lipinski definition) is 2. The molecule has 0 radical (unpaired) electrons. The van der Waals surface area contributed by atoms with E-state index >= 15 is 0 Å². The number of H-pyrrole nitrogens is 1. The minimum atomic E-state index is -0.364. The third-order valence-electron chi connectivity index (χ3n) is 4.85. The number of halogens is 2. The van der Waals surface area contributed by atoms with Gasteiger partial charge < -0.3 is 10.1 Å². The molecule has 29 heavy (non-hydrogen) atoms. The largest absolute Gasteiger partial charge is 0.508 e. The molecular weight excluding hydrogens is 411 g/mol. The second-order valence-corrected chi connectivity index (χ2v) is 8.28. The van der Waals surface area contributed by atoms with Gasteiger partial charge in [0.1, 0.15) is 17.0 Å². The highest BCUT2D eigenvalue weighted by Crippen LogP contribution is 2.33. The van der Waals surface area contributed by atoms with Gasteiger partial charge in [-0.05, 0) is 36.1 Å². The van der Waals surface area contributed by atoms with E-state index in [4.69, 9.17) is 28.2 Å². The van der Waals surface area contributed by atoms with Crippen LogP contribution < -0.4 is 5.56 Å². The predicted molar refractivity (Wildman–Crippen MR) is 116 cm³/mol. The number of nitrogens with one attached hydrogen (secondary N) is 1. The first-order valence-corrected chi connectivity index (χ1v) is 10.2. The van der Waals surface area contributed by atoms with E-state index in [-0.39, 0.29) is 22.6 Å². The monoisotopic (exact) mass is 430 g/mol. The first kappa shape index (κ1) is 19.7. The number of aromatic nitrogens is 4. The van der Waals surface area contributed by atoms with Crippen molar-refractivity contribution in [2.24, 2.45) is 0 Å². The number of hydrogen-bond acceptors (Lipinski definition) is 4. The Kier molecular flexibility index (Phi) is 5.23. The Bertz CT molecular complexity index is 1190. The molecule has 1 atom stereocenters. The Hall–Kier alpha value is -2.57. The number of benzene rings is 1. The maximum absolute atomic E-state index is 12.9. The van der Waals surface area contributed by atoms with Crippen LogP contribution in [0.15, 0.2) is 46.2 Å². The molecule has 6 nitrogen and oxygen atoms in total. The van der Waals surface area contributed by atoms with Gasteiger partial charge in [0.2, 0.25) is 0 Å². The smallest absolute Gasteiger partial charge is 0.262 e. The van der Waals surface area contributed by atoms with Crippen molar-refractivity contribution in [3.8, 4) is 5.75 Å². The molecule has 0 saturated heterocycles. The fourth-order valence-corrected chi connectivity index (χ4v) is 4.10. The van der Waals surface area contributed by atoms with Gasteiger partial charge >= 0.3 is 0 Å². The zero-order valence-electron chi connectivity index (χ0n) is 16.0. The van der Waals surface area contributed by atoms with Crippen LogP contribution in [0.5, 0.6) is 5.75 Å². The van der Waals surface area contributed by atoms with Crippen LogP contribution in [0.4, 0.5) is 0 Å². The number of rotatable bonds is 4. The lowest BCUT2D eigenvalue weighted by atomic mass is 10.1. The van der Waals surface area contributed by atoms with Gasteiger partial charge in [0, 0.05) is 6.42 Å². The van der Waals surface area contributed by atoms with Gasteiger partial charge in [-0.1, -0.05) is 43.7 Å². The van der Waals surface area contributed by atoms with Gasteiger partial charge in [-0.2, -0.15) is 5.10 Å². The summed E-state index contributed by atoms with van der Waals surface area (Å²) in [4.78, 5) is 20.5. The molecule has 2 heterocycles. The lowest BCUT2D eigenvalue weighted by Crippen LogP contribution is -2.17. The number of phenols is 1. The third kappa shape index (κ3) is 3.70. The first-order valence-electron chi connectivity index (χ1n) is 9.35. The maximum atomic E-state index is 12.9. The average molecular weight is 431 g/mol. The second kappa shape index (κ2) is 7.69. The van der Waals surface area contributed by atoms with Crippen LogP contribution in [0.25, 0.3) is 16.7 Å². The van der Waals surface area contributed by atoms with Crippen LogP contribution in [-0.2, 0) is 6.42 Å². The summed E-state index contributed by atoms with van der Waals surface area (Å²) in [6, 6.07) is 6.78. The van der Waals surface area contributed by atoms with E-state index in [1.165, 1.54) is 0 Å². The molecule has 4 rings (SSSR count). The van der Waals surface area contributed by atoms with E-state index in [1.54, 1.807) is 35.0 Å². The number of nitrogens with zero attached hydrogens (tertiary/aromatic N) is 3. The highest BCUT2D eigenvalue weighted by atomic mass is 35.5. The molecule has 0 saturated carbocycles. The van der Waals surface area contributed by atoms with Crippen LogP contribution in [0.2, 0.25) is 0 Å². The zero-order valence-corrected chi connectivity index (χ0v) is 17.5. The fourth-order valence-electron chi connectivity index (χ4n) is 3.43. The van der Waals surface area contributed by atoms with E-state index < -0.39 is 0 Å². The summed E-state index contributed by atoms with van der Waals surface area (Å²) in [6.45, 7) is 3.95. The van der Waals surface area contributed by atoms with Crippen molar-refractivity contribution in [2.45, 2.75) is 38.0 Å². The summed E-state index contributed by atoms with van der Waals surface area (Å²) in [7, 11) is 0. The van der Waals surface area contributed by atoms with Gasteiger partial charge in [0.15, 0.2) is 5.65 Å². The summed E-state index contributed by atoms with van der Waals surface area (Å²) in [5, 5.41) is 14.7. The number of alkyl halides is 1. The van der Waals surface area contributed by atoms with Gasteiger partial charge in [0.25, 0.3) is 5.56 Å². The Morgan fingerprint density at radius 3 is 2.69 bits per heavy atom. The Morgan fingerprint density at radius 1 is 1.31 bits per heavy atom. The normalized spacial score (nSPS) is 16.9. The molecule has 0 bridgehead atoms. The standard InChI is InChI=1S/C21H20Cl2N4O2/c1-11(2)18-17-20(27(26-18)19-14(22)4-3-5-15(19)23)24-16(25-21(17)29)10-12-6-8-13(28)9-7-12/h3-4,6-9,11,15,28H,5,10H2,1-2H3,(H,24,25,29). The number of allylic oxidation sites excluding steroid dienone is 4. The zero-order chi connectivity index (χ0) is 20.7. The second-order valence-electron chi connectivity index (χ2n) is 7.34. The van der Waals surface area contributed by atoms with Crippen molar-refractivity contribution < 1.29 is 5.11 Å². The molecule has 3 aromatic rings. The molecule has 0 amide bonds.